The molecule has 2 atom stereocenters. The van der Waals surface area contributed by atoms with E-state index in [-0.39, 0.29) is 34.8 Å². The monoisotopic (exact) mass is 669 g/mol. The third-order valence-corrected chi connectivity index (χ3v) is 8.09. The summed E-state index contributed by atoms with van der Waals surface area (Å²) < 4.78 is 46.7. The molecular weight excluding hydrogens is 639 g/mol. The SMILES string of the molecule is COC(=O)NCCC1=NC(=O)[C@H](C)CCC[C@H](n2cnc(-c3cc(Cl)ccc3-n3cc(C(F)(F)F)nn3)cc2=O)c2cccc(c2)C1. The molecule has 5 rings (SSSR count). The molecule has 0 fully saturated rings. The van der Waals surface area contributed by atoms with E-state index >= 15 is 0 Å². The molecule has 246 valence electrons. The average Bonchev–Trinajstić information content (AvgIpc) is 3.54. The predicted octanol–water partition coefficient (Wildman–Crippen LogP) is 5.83. The predicted molar refractivity (Wildman–Crippen MR) is 168 cm³/mol. The van der Waals surface area contributed by atoms with Gasteiger partial charge in [-0.3, -0.25) is 14.2 Å². The molecule has 0 radical (unpaired) electrons. The molecule has 47 heavy (non-hydrogen) atoms. The normalized spacial score (nSPS) is 17.3. The second kappa shape index (κ2) is 14.3. The third kappa shape index (κ3) is 8.12. The molecule has 11 nitrogen and oxygen atoms in total. The minimum Gasteiger partial charge on any atom is -0.453 e. The maximum Gasteiger partial charge on any atom is 0.436 e. The molecule has 2 aromatic heterocycles. The van der Waals surface area contributed by atoms with Gasteiger partial charge in [-0.15, -0.1) is 5.10 Å². The molecule has 4 aromatic rings. The van der Waals surface area contributed by atoms with E-state index in [1.165, 1.54) is 42.3 Å². The van der Waals surface area contributed by atoms with Gasteiger partial charge < -0.3 is 10.1 Å². The molecule has 0 unspecified atom stereocenters. The number of amides is 2. The van der Waals surface area contributed by atoms with Gasteiger partial charge in [0.1, 0.15) is 0 Å². The van der Waals surface area contributed by atoms with Crippen molar-refractivity contribution in [3.05, 3.63) is 93.3 Å². The van der Waals surface area contributed by atoms with E-state index < -0.39 is 29.6 Å². The summed E-state index contributed by atoms with van der Waals surface area (Å²) in [7, 11) is 1.27. The number of nitrogens with zero attached hydrogens (tertiary/aromatic N) is 6. The van der Waals surface area contributed by atoms with Gasteiger partial charge in [-0.05, 0) is 42.2 Å². The van der Waals surface area contributed by atoms with Crippen LogP contribution in [-0.2, 0) is 22.1 Å². The smallest absolute Gasteiger partial charge is 0.436 e. The van der Waals surface area contributed by atoms with E-state index in [4.69, 9.17) is 11.6 Å². The van der Waals surface area contributed by atoms with Crippen LogP contribution in [0.3, 0.4) is 0 Å². The van der Waals surface area contributed by atoms with Gasteiger partial charge in [0.2, 0.25) is 5.91 Å². The first kappa shape index (κ1) is 33.5. The topological polar surface area (TPSA) is 133 Å². The summed E-state index contributed by atoms with van der Waals surface area (Å²) in [6.45, 7) is 2.06. The van der Waals surface area contributed by atoms with Crippen molar-refractivity contribution >= 4 is 29.3 Å². The lowest BCUT2D eigenvalue weighted by atomic mass is 9.93. The van der Waals surface area contributed by atoms with Crippen LogP contribution in [0.25, 0.3) is 16.9 Å². The summed E-state index contributed by atoms with van der Waals surface area (Å²) in [6.07, 6.45) is -0.703. The Bertz CT molecular complexity index is 1870. The zero-order valence-electron chi connectivity index (χ0n) is 25.5. The number of methoxy groups -OCH3 is 1. The van der Waals surface area contributed by atoms with Gasteiger partial charge >= 0.3 is 12.3 Å². The molecule has 2 bridgehead atoms. The maximum absolute atomic E-state index is 13.7. The summed E-state index contributed by atoms with van der Waals surface area (Å²) in [5.41, 5.74) is 1.48. The molecule has 2 aromatic carbocycles. The number of alkyl carbamates (subject to hydrolysis) is 1. The van der Waals surface area contributed by atoms with Crippen LogP contribution >= 0.6 is 11.6 Å². The molecule has 1 aliphatic rings. The van der Waals surface area contributed by atoms with Gasteiger partial charge in [0.05, 0.1) is 37.1 Å². The van der Waals surface area contributed by atoms with E-state index in [1.807, 2.05) is 31.2 Å². The summed E-state index contributed by atoms with van der Waals surface area (Å²) in [5, 5.41) is 9.76. The Labute approximate surface area is 272 Å². The molecule has 15 heteroatoms. The van der Waals surface area contributed by atoms with Crippen molar-refractivity contribution in [2.24, 2.45) is 10.9 Å². The number of fused-ring (bicyclic) bond motifs is 2. The number of aromatic nitrogens is 5. The van der Waals surface area contributed by atoms with Crippen LogP contribution in [0.4, 0.5) is 18.0 Å². The summed E-state index contributed by atoms with van der Waals surface area (Å²) in [6, 6.07) is 13.0. The van der Waals surface area contributed by atoms with Crippen LogP contribution in [0.2, 0.25) is 5.02 Å². The summed E-state index contributed by atoms with van der Waals surface area (Å²) >= 11 is 6.24. The van der Waals surface area contributed by atoms with Crippen LogP contribution in [0.1, 0.15) is 55.5 Å². The van der Waals surface area contributed by atoms with Crippen LogP contribution < -0.4 is 10.9 Å². The number of ether oxygens (including phenoxy) is 1. The second-order valence-corrected chi connectivity index (χ2v) is 11.6. The standard InChI is InChI=1S/C32H31ClF3N7O4/c1-19-5-3-8-26(21-7-4-6-20(13-21)14-23(39-30(19)45)11-12-37-31(46)47-2)42-18-38-25(16-29(42)44)24-15-22(33)9-10-27(24)43-17-28(40-41-43)32(34,35)36/h4,6-7,9-10,13,15-19,26H,3,5,8,11-12,14H2,1-2H3,(H,37,46)/t19-,26+/m1/s1. The van der Waals surface area contributed by atoms with E-state index in [0.29, 0.717) is 43.4 Å². The fraction of sp³-hybridized carbons (Fsp3) is 0.344. The number of carbonyl (C=O) groups excluding carboxylic acids is 2. The zero-order valence-corrected chi connectivity index (χ0v) is 26.3. The number of alkyl halides is 3. The Morgan fingerprint density at radius 3 is 2.66 bits per heavy atom. The Kier molecular flexibility index (Phi) is 10.2. The van der Waals surface area contributed by atoms with Gasteiger partial charge in [0.15, 0.2) is 5.69 Å². The molecule has 1 aliphatic heterocycles. The number of halogens is 4. The highest BCUT2D eigenvalue weighted by atomic mass is 35.5. The quantitative estimate of drug-likeness (QED) is 0.273. The number of carbonyl (C=O) groups is 2. The van der Waals surface area contributed by atoms with Gasteiger partial charge in [-0.1, -0.05) is 54.4 Å². The number of benzene rings is 2. The zero-order chi connectivity index (χ0) is 33.7. The Morgan fingerprint density at radius 2 is 1.94 bits per heavy atom. The molecule has 1 N–H and O–H groups in total. The highest BCUT2D eigenvalue weighted by molar-refractivity contribution is 6.31. The maximum atomic E-state index is 13.7. The number of aliphatic imine (C=N–C) groups is 1. The lowest BCUT2D eigenvalue weighted by Crippen LogP contribution is -2.27. The van der Waals surface area contributed by atoms with Crippen molar-refractivity contribution in [1.29, 1.82) is 0 Å². The number of nitrogens with one attached hydrogen (secondary N) is 1. The van der Waals surface area contributed by atoms with Gasteiger partial charge in [-0.2, -0.15) is 13.2 Å². The lowest BCUT2D eigenvalue weighted by molar-refractivity contribution is -0.141. The highest BCUT2D eigenvalue weighted by Crippen LogP contribution is 2.32. The van der Waals surface area contributed by atoms with E-state index in [0.717, 1.165) is 22.0 Å². The first-order chi connectivity index (χ1) is 22.4. The molecule has 0 saturated heterocycles. The molecular formula is C32H31ClF3N7O4. The van der Waals surface area contributed by atoms with Crippen LogP contribution in [-0.4, -0.2) is 55.9 Å². The molecule has 3 heterocycles. The van der Waals surface area contributed by atoms with Gasteiger partial charge in [0, 0.05) is 47.7 Å². The van der Waals surface area contributed by atoms with Crippen molar-refractivity contribution in [3.8, 4) is 16.9 Å². The fourth-order valence-corrected chi connectivity index (χ4v) is 5.57. The number of hydrogen-bond acceptors (Lipinski definition) is 7. The largest absolute Gasteiger partial charge is 0.453 e. The van der Waals surface area contributed by atoms with Crippen molar-refractivity contribution in [2.75, 3.05) is 13.7 Å². The summed E-state index contributed by atoms with van der Waals surface area (Å²) in [4.78, 5) is 47.1. The molecule has 2 amide bonds. The van der Waals surface area contributed by atoms with Crippen molar-refractivity contribution in [1.82, 2.24) is 29.9 Å². The fourth-order valence-electron chi connectivity index (χ4n) is 5.40. The van der Waals surface area contributed by atoms with Crippen molar-refractivity contribution < 1.29 is 27.5 Å². The molecule has 0 spiro atoms. The van der Waals surface area contributed by atoms with Crippen LogP contribution in [0.15, 0.2) is 70.8 Å². The van der Waals surface area contributed by atoms with Crippen molar-refractivity contribution in [2.45, 2.75) is 51.2 Å². The second-order valence-electron chi connectivity index (χ2n) is 11.2. The third-order valence-electron chi connectivity index (χ3n) is 7.85. The highest BCUT2D eigenvalue weighted by Gasteiger charge is 2.35. The first-order valence-electron chi connectivity index (χ1n) is 14.8. The number of hydrogen-bond donors (Lipinski definition) is 1. The minimum absolute atomic E-state index is 0.190. The Balaban J connectivity index is 1.48. The van der Waals surface area contributed by atoms with Crippen LogP contribution in [0, 0.1) is 5.92 Å². The van der Waals surface area contributed by atoms with Gasteiger partial charge in [-0.25, -0.2) is 19.5 Å². The average molecular weight is 670 g/mol. The van der Waals surface area contributed by atoms with Gasteiger partial charge in [0.25, 0.3) is 5.56 Å². The molecule has 0 aliphatic carbocycles. The van der Waals surface area contributed by atoms with E-state index in [2.05, 4.69) is 30.3 Å². The van der Waals surface area contributed by atoms with Crippen LogP contribution in [0.5, 0.6) is 0 Å². The first-order valence-corrected chi connectivity index (χ1v) is 15.2. The Hall–Kier alpha value is -4.85. The Morgan fingerprint density at radius 1 is 1.13 bits per heavy atom. The minimum atomic E-state index is -4.68. The summed E-state index contributed by atoms with van der Waals surface area (Å²) in [5.74, 6) is -0.605. The van der Waals surface area contributed by atoms with Crippen molar-refractivity contribution in [3.63, 3.8) is 0 Å². The molecule has 0 saturated carbocycles. The number of rotatable bonds is 6. The van der Waals surface area contributed by atoms with E-state index in [1.54, 1.807) is 0 Å². The lowest BCUT2D eigenvalue weighted by Gasteiger charge is -2.22. The van der Waals surface area contributed by atoms with E-state index in [9.17, 15) is 27.6 Å².